The van der Waals surface area contributed by atoms with Crippen LogP contribution in [-0.2, 0) is 0 Å². The Morgan fingerprint density at radius 3 is 2.13 bits per heavy atom. The lowest BCUT2D eigenvalue weighted by Gasteiger charge is -2.17. The van der Waals surface area contributed by atoms with Crippen molar-refractivity contribution in [2.45, 2.75) is 5.16 Å². The predicted molar refractivity (Wildman–Crippen MR) is 120 cm³/mol. The second-order valence-corrected chi connectivity index (χ2v) is 8.18. The number of hydrogen-bond donors (Lipinski definition) is 0. The monoisotopic (exact) mass is 447 g/mol. The standard InChI is InChI=1S/C23H14ClN3O3S/c24-17-10-4-6-12-19(17)27-22(30)16-9-3-5-11-18(16)25-23(27)31-13-26-20(28)14-7-1-2-8-15(14)21(26)29/h1-12H,13H2. The van der Waals surface area contributed by atoms with Crippen LogP contribution in [0.25, 0.3) is 16.6 Å². The van der Waals surface area contributed by atoms with Gasteiger partial charge in [-0.2, -0.15) is 0 Å². The first kappa shape index (κ1) is 19.5. The molecule has 4 aromatic rings. The molecule has 2 heterocycles. The van der Waals surface area contributed by atoms with Crippen molar-refractivity contribution in [3.8, 4) is 5.69 Å². The van der Waals surface area contributed by atoms with E-state index in [-0.39, 0.29) is 23.3 Å². The van der Waals surface area contributed by atoms with E-state index in [1.807, 2.05) is 0 Å². The first-order valence-electron chi connectivity index (χ1n) is 9.41. The van der Waals surface area contributed by atoms with Gasteiger partial charge in [-0.3, -0.25) is 23.9 Å². The van der Waals surface area contributed by atoms with E-state index >= 15 is 0 Å². The highest BCUT2D eigenvalue weighted by molar-refractivity contribution is 7.99. The third-order valence-electron chi connectivity index (χ3n) is 5.04. The Hall–Kier alpha value is -3.42. The number of hydrogen-bond acceptors (Lipinski definition) is 5. The van der Waals surface area contributed by atoms with Gasteiger partial charge in [0.25, 0.3) is 17.4 Å². The van der Waals surface area contributed by atoms with Gasteiger partial charge in [-0.1, -0.05) is 59.8 Å². The van der Waals surface area contributed by atoms with Crippen LogP contribution in [0.15, 0.2) is 82.7 Å². The van der Waals surface area contributed by atoms with Gasteiger partial charge >= 0.3 is 0 Å². The molecule has 31 heavy (non-hydrogen) atoms. The van der Waals surface area contributed by atoms with E-state index < -0.39 is 0 Å². The summed E-state index contributed by atoms with van der Waals surface area (Å²) in [6, 6.07) is 20.7. The maximum Gasteiger partial charge on any atom is 0.266 e. The van der Waals surface area contributed by atoms with E-state index in [4.69, 9.17) is 11.6 Å². The average molecular weight is 448 g/mol. The molecule has 1 aromatic heterocycles. The van der Waals surface area contributed by atoms with Crippen molar-refractivity contribution >= 4 is 46.1 Å². The molecule has 1 aliphatic rings. The van der Waals surface area contributed by atoms with Crippen LogP contribution in [0, 0.1) is 0 Å². The third kappa shape index (κ3) is 3.22. The number of fused-ring (bicyclic) bond motifs is 2. The smallest absolute Gasteiger partial charge is 0.266 e. The molecule has 0 saturated carbocycles. The van der Waals surface area contributed by atoms with Gasteiger partial charge < -0.3 is 0 Å². The largest absolute Gasteiger partial charge is 0.269 e. The number of halogens is 1. The molecular weight excluding hydrogens is 434 g/mol. The van der Waals surface area contributed by atoms with Crippen LogP contribution in [0.1, 0.15) is 20.7 Å². The molecule has 6 nitrogen and oxygen atoms in total. The number of aromatic nitrogens is 2. The molecule has 3 aromatic carbocycles. The summed E-state index contributed by atoms with van der Waals surface area (Å²) in [5.41, 5.74) is 1.49. The Labute approximate surface area is 186 Å². The van der Waals surface area contributed by atoms with Gasteiger partial charge in [0.05, 0.1) is 38.6 Å². The molecule has 1 aliphatic heterocycles. The van der Waals surface area contributed by atoms with Gasteiger partial charge in [-0.25, -0.2) is 4.98 Å². The van der Waals surface area contributed by atoms with Gasteiger partial charge in [-0.05, 0) is 36.4 Å². The summed E-state index contributed by atoms with van der Waals surface area (Å²) in [6.45, 7) is 0. The zero-order valence-corrected chi connectivity index (χ0v) is 17.6. The lowest BCUT2D eigenvalue weighted by molar-refractivity contribution is 0.0684. The molecular formula is C23H14ClN3O3S. The van der Waals surface area contributed by atoms with Gasteiger partial charge in [0.15, 0.2) is 5.16 Å². The maximum absolute atomic E-state index is 13.3. The second-order valence-electron chi connectivity index (χ2n) is 6.86. The molecule has 0 atom stereocenters. The number of benzene rings is 3. The third-order valence-corrected chi connectivity index (χ3v) is 6.28. The molecule has 0 radical (unpaired) electrons. The van der Waals surface area contributed by atoms with E-state index in [0.29, 0.717) is 37.9 Å². The molecule has 0 unspecified atom stereocenters. The molecule has 0 spiro atoms. The fourth-order valence-corrected chi connectivity index (χ4v) is 4.71. The topological polar surface area (TPSA) is 72.3 Å². The normalized spacial score (nSPS) is 13.1. The van der Waals surface area contributed by atoms with Crippen LogP contribution < -0.4 is 5.56 Å². The maximum atomic E-state index is 13.3. The summed E-state index contributed by atoms with van der Waals surface area (Å²) in [4.78, 5) is 44.5. The predicted octanol–water partition coefficient (Wildman–Crippen LogP) is 4.38. The van der Waals surface area contributed by atoms with Crippen LogP contribution in [0.2, 0.25) is 5.02 Å². The number of para-hydroxylation sites is 2. The Morgan fingerprint density at radius 2 is 1.42 bits per heavy atom. The van der Waals surface area contributed by atoms with Crippen molar-refractivity contribution in [1.82, 2.24) is 14.5 Å². The Kier molecular flexibility index (Phi) is 4.84. The van der Waals surface area contributed by atoms with Crippen molar-refractivity contribution in [1.29, 1.82) is 0 Å². The fourth-order valence-electron chi connectivity index (χ4n) is 3.53. The Morgan fingerprint density at radius 1 is 0.806 bits per heavy atom. The molecule has 0 saturated heterocycles. The number of rotatable bonds is 4. The molecule has 8 heteroatoms. The number of carbonyl (C=O) groups is 2. The van der Waals surface area contributed by atoms with Gasteiger partial charge in [0.2, 0.25) is 0 Å². The van der Waals surface area contributed by atoms with Crippen molar-refractivity contribution < 1.29 is 9.59 Å². The zero-order chi connectivity index (χ0) is 21.5. The van der Waals surface area contributed by atoms with E-state index in [1.165, 1.54) is 4.57 Å². The van der Waals surface area contributed by atoms with E-state index in [2.05, 4.69) is 4.98 Å². The van der Waals surface area contributed by atoms with Gasteiger partial charge in [0.1, 0.15) is 0 Å². The molecule has 0 bridgehead atoms. The van der Waals surface area contributed by atoms with Crippen molar-refractivity contribution in [3.63, 3.8) is 0 Å². The quantitative estimate of drug-likeness (QED) is 0.263. The summed E-state index contributed by atoms with van der Waals surface area (Å²) in [5.74, 6) is -0.706. The SMILES string of the molecule is O=C1c2ccccc2C(=O)N1CSc1nc2ccccc2c(=O)n1-c1ccccc1Cl. The summed E-state index contributed by atoms with van der Waals surface area (Å²) in [7, 11) is 0. The fraction of sp³-hybridized carbons (Fsp3) is 0.0435. The van der Waals surface area contributed by atoms with E-state index in [0.717, 1.165) is 16.7 Å². The van der Waals surface area contributed by atoms with E-state index in [9.17, 15) is 14.4 Å². The second kappa shape index (κ2) is 7.68. The van der Waals surface area contributed by atoms with Crippen LogP contribution in [0.4, 0.5) is 0 Å². The molecule has 0 aliphatic carbocycles. The molecule has 152 valence electrons. The van der Waals surface area contributed by atoms with Crippen molar-refractivity contribution in [2.75, 3.05) is 5.88 Å². The lowest BCUT2D eigenvalue weighted by atomic mass is 10.1. The van der Waals surface area contributed by atoms with Crippen LogP contribution in [0.3, 0.4) is 0 Å². The molecule has 0 N–H and O–H groups in total. The van der Waals surface area contributed by atoms with Crippen LogP contribution >= 0.6 is 23.4 Å². The molecule has 5 rings (SSSR count). The average Bonchev–Trinajstić information content (AvgIpc) is 3.03. The first-order valence-corrected chi connectivity index (χ1v) is 10.8. The molecule has 2 amide bonds. The first-order chi connectivity index (χ1) is 15.1. The summed E-state index contributed by atoms with van der Waals surface area (Å²) in [6.07, 6.45) is 0. The minimum Gasteiger partial charge on any atom is -0.269 e. The summed E-state index contributed by atoms with van der Waals surface area (Å²) in [5, 5.41) is 1.19. The van der Waals surface area contributed by atoms with Crippen molar-refractivity contribution in [3.05, 3.63) is 99.3 Å². The van der Waals surface area contributed by atoms with Gasteiger partial charge in [0, 0.05) is 0 Å². The molecule has 0 fully saturated rings. The highest BCUT2D eigenvalue weighted by atomic mass is 35.5. The number of amides is 2. The number of imide groups is 1. The summed E-state index contributed by atoms with van der Waals surface area (Å²) >= 11 is 7.51. The van der Waals surface area contributed by atoms with Gasteiger partial charge in [-0.15, -0.1) is 0 Å². The minimum absolute atomic E-state index is 0.0155. The zero-order valence-electron chi connectivity index (χ0n) is 16.0. The number of thioether (sulfide) groups is 1. The van der Waals surface area contributed by atoms with E-state index in [1.54, 1.807) is 72.8 Å². The minimum atomic E-state index is -0.361. The Bertz CT molecular complexity index is 1400. The number of nitrogens with zero attached hydrogens (tertiary/aromatic N) is 3. The lowest BCUT2D eigenvalue weighted by Crippen LogP contribution is -2.30. The van der Waals surface area contributed by atoms with Crippen molar-refractivity contribution in [2.24, 2.45) is 0 Å². The Balaban J connectivity index is 1.58. The van der Waals surface area contributed by atoms with Crippen LogP contribution in [-0.4, -0.2) is 32.1 Å². The highest BCUT2D eigenvalue weighted by Crippen LogP contribution is 2.29. The highest BCUT2D eigenvalue weighted by Gasteiger charge is 2.35. The summed E-state index contributed by atoms with van der Waals surface area (Å²) < 4.78 is 1.42. The number of carbonyl (C=O) groups excluding carboxylic acids is 2. The van der Waals surface area contributed by atoms with Crippen LogP contribution in [0.5, 0.6) is 0 Å².